The fraction of sp³-hybridized carbons (Fsp3) is 0.250. The number of halogens is 2. The highest BCUT2D eigenvalue weighted by Gasteiger charge is 2.14. The molecular weight excluding hydrogens is 260 g/mol. The molecule has 3 rings (SSSR count). The van der Waals surface area contributed by atoms with Crippen LogP contribution in [0, 0.1) is 11.6 Å². The van der Waals surface area contributed by atoms with Crippen LogP contribution in [0.2, 0.25) is 0 Å². The summed E-state index contributed by atoms with van der Waals surface area (Å²) in [6.07, 6.45) is 0.907. The predicted octanol–water partition coefficient (Wildman–Crippen LogP) is 4.07. The van der Waals surface area contributed by atoms with Gasteiger partial charge in [0.2, 0.25) is 0 Å². The summed E-state index contributed by atoms with van der Waals surface area (Å²) in [6, 6.07) is 9.39. The van der Waals surface area contributed by atoms with Crippen LogP contribution in [0.25, 0.3) is 0 Å². The van der Waals surface area contributed by atoms with E-state index in [4.69, 9.17) is 4.74 Å². The number of hydrogen-bond acceptors (Lipinski definition) is 2. The maximum Gasteiger partial charge on any atom is 0.128 e. The lowest BCUT2D eigenvalue weighted by Crippen LogP contribution is -2.07. The summed E-state index contributed by atoms with van der Waals surface area (Å²) in [7, 11) is 0. The van der Waals surface area contributed by atoms with E-state index in [0.29, 0.717) is 5.69 Å². The van der Waals surface area contributed by atoms with Crippen molar-refractivity contribution in [2.45, 2.75) is 19.4 Å². The van der Waals surface area contributed by atoms with Crippen LogP contribution in [0.1, 0.15) is 24.1 Å². The van der Waals surface area contributed by atoms with Crippen LogP contribution in [0.4, 0.5) is 14.5 Å². The highest BCUT2D eigenvalue weighted by Crippen LogP contribution is 2.29. The van der Waals surface area contributed by atoms with Gasteiger partial charge in [-0.05, 0) is 42.3 Å². The van der Waals surface area contributed by atoms with E-state index >= 15 is 0 Å². The van der Waals surface area contributed by atoms with Gasteiger partial charge >= 0.3 is 0 Å². The van der Waals surface area contributed by atoms with Crippen LogP contribution in [-0.4, -0.2) is 6.61 Å². The Morgan fingerprint density at radius 1 is 1.10 bits per heavy atom. The van der Waals surface area contributed by atoms with Crippen LogP contribution in [-0.2, 0) is 6.42 Å². The minimum absolute atomic E-state index is 0.0397. The Bertz CT molecular complexity index is 622. The van der Waals surface area contributed by atoms with E-state index in [1.54, 1.807) is 0 Å². The van der Waals surface area contributed by atoms with Gasteiger partial charge in [-0.2, -0.15) is 0 Å². The van der Waals surface area contributed by atoms with Crippen LogP contribution in [0.5, 0.6) is 5.75 Å². The van der Waals surface area contributed by atoms with E-state index in [-0.39, 0.29) is 6.04 Å². The normalized spacial score (nSPS) is 14.6. The molecule has 1 aliphatic rings. The van der Waals surface area contributed by atoms with Gasteiger partial charge in [0.1, 0.15) is 17.4 Å². The Balaban J connectivity index is 1.80. The molecule has 0 saturated carbocycles. The van der Waals surface area contributed by atoms with Crippen molar-refractivity contribution in [2.24, 2.45) is 0 Å². The third-order valence-electron chi connectivity index (χ3n) is 3.46. The second-order valence-corrected chi connectivity index (χ2v) is 4.99. The van der Waals surface area contributed by atoms with Gasteiger partial charge in [0.25, 0.3) is 0 Å². The average Bonchev–Trinajstić information content (AvgIpc) is 2.84. The highest BCUT2D eigenvalue weighted by atomic mass is 19.1. The Labute approximate surface area is 116 Å². The zero-order valence-corrected chi connectivity index (χ0v) is 11.1. The molecule has 1 N–H and O–H groups in total. The fourth-order valence-electron chi connectivity index (χ4n) is 2.45. The molecule has 0 saturated heterocycles. The molecule has 0 aliphatic carbocycles. The molecule has 104 valence electrons. The van der Waals surface area contributed by atoms with Crippen molar-refractivity contribution in [3.8, 4) is 5.75 Å². The molecule has 1 atom stereocenters. The van der Waals surface area contributed by atoms with Gasteiger partial charge in [0.15, 0.2) is 0 Å². The molecule has 1 heterocycles. The topological polar surface area (TPSA) is 21.3 Å². The maximum absolute atomic E-state index is 13.2. The van der Waals surface area contributed by atoms with Crippen molar-refractivity contribution in [1.29, 1.82) is 0 Å². The molecular formula is C16H15F2NO. The predicted molar refractivity (Wildman–Crippen MR) is 74.0 cm³/mol. The quantitative estimate of drug-likeness (QED) is 0.911. The number of ether oxygens (including phenoxy) is 1. The van der Waals surface area contributed by atoms with E-state index < -0.39 is 11.6 Å². The molecule has 0 spiro atoms. The number of benzene rings is 2. The van der Waals surface area contributed by atoms with Crippen molar-refractivity contribution in [2.75, 3.05) is 11.9 Å². The van der Waals surface area contributed by atoms with E-state index in [1.807, 2.05) is 19.1 Å². The van der Waals surface area contributed by atoms with Crippen LogP contribution < -0.4 is 10.1 Å². The molecule has 0 amide bonds. The van der Waals surface area contributed by atoms with Crippen LogP contribution in [0.3, 0.4) is 0 Å². The van der Waals surface area contributed by atoms with Crippen molar-refractivity contribution in [1.82, 2.24) is 0 Å². The third-order valence-corrected chi connectivity index (χ3v) is 3.46. The van der Waals surface area contributed by atoms with Gasteiger partial charge in [0, 0.05) is 24.2 Å². The van der Waals surface area contributed by atoms with Gasteiger partial charge in [-0.1, -0.05) is 6.07 Å². The van der Waals surface area contributed by atoms with Gasteiger partial charge in [-0.3, -0.25) is 0 Å². The van der Waals surface area contributed by atoms with Crippen molar-refractivity contribution in [3.05, 3.63) is 59.2 Å². The Hall–Kier alpha value is -2.10. The number of nitrogens with one attached hydrogen (secondary N) is 1. The van der Waals surface area contributed by atoms with Crippen molar-refractivity contribution < 1.29 is 13.5 Å². The number of hydrogen-bond donors (Lipinski definition) is 1. The molecule has 20 heavy (non-hydrogen) atoms. The Kier molecular flexibility index (Phi) is 3.30. The second-order valence-electron chi connectivity index (χ2n) is 4.99. The number of rotatable bonds is 3. The first-order valence-corrected chi connectivity index (χ1v) is 6.60. The number of anilines is 1. The lowest BCUT2D eigenvalue weighted by molar-refractivity contribution is 0.357. The average molecular weight is 275 g/mol. The fourth-order valence-corrected chi connectivity index (χ4v) is 2.45. The molecule has 1 aliphatic heterocycles. The summed E-state index contributed by atoms with van der Waals surface area (Å²) in [5.41, 5.74) is 2.69. The summed E-state index contributed by atoms with van der Waals surface area (Å²) < 4.78 is 31.8. The first-order chi connectivity index (χ1) is 9.61. The van der Waals surface area contributed by atoms with Gasteiger partial charge < -0.3 is 10.1 Å². The molecule has 0 aromatic heterocycles. The summed E-state index contributed by atoms with van der Waals surface area (Å²) in [4.78, 5) is 0. The molecule has 0 fully saturated rings. The third kappa shape index (κ3) is 2.59. The molecule has 2 aromatic carbocycles. The minimum Gasteiger partial charge on any atom is -0.493 e. The van der Waals surface area contributed by atoms with E-state index in [2.05, 4.69) is 11.4 Å². The van der Waals surface area contributed by atoms with E-state index in [0.717, 1.165) is 30.4 Å². The SMILES string of the molecule is CC(Nc1cc(F)cc(F)c1)c1ccc2c(c1)CCO2. The Morgan fingerprint density at radius 3 is 2.60 bits per heavy atom. The summed E-state index contributed by atoms with van der Waals surface area (Å²) in [5.74, 6) is -0.234. The second kappa shape index (κ2) is 5.12. The van der Waals surface area contributed by atoms with Gasteiger partial charge in [-0.25, -0.2) is 8.78 Å². The van der Waals surface area contributed by atoms with Crippen molar-refractivity contribution >= 4 is 5.69 Å². The monoisotopic (exact) mass is 275 g/mol. The molecule has 0 bridgehead atoms. The maximum atomic E-state index is 13.2. The van der Waals surface area contributed by atoms with Crippen LogP contribution in [0.15, 0.2) is 36.4 Å². The van der Waals surface area contributed by atoms with Crippen molar-refractivity contribution in [3.63, 3.8) is 0 Å². The molecule has 0 radical (unpaired) electrons. The number of fused-ring (bicyclic) bond motifs is 1. The zero-order valence-electron chi connectivity index (χ0n) is 11.1. The summed E-state index contributed by atoms with van der Waals surface area (Å²) in [5, 5.41) is 3.11. The largest absolute Gasteiger partial charge is 0.493 e. The summed E-state index contributed by atoms with van der Waals surface area (Å²) in [6.45, 7) is 2.68. The minimum atomic E-state index is -0.581. The highest BCUT2D eigenvalue weighted by molar-refractivity contribution is 5.48. The lowest BCUT2D eigenvalue weighted by atomic mass is 10.0. The van der Waals surface area contributed by atoms with E-state index in [1.165, 1.54) is 17.7 Å². The van der Waals surface area contributed by atoms with Gasteiger partial charge in [-0.15, -0.1) is 0 Å². The Morgan fingerprint density at radius 2 is 1.85 bits per heavy atom. The molecule has 4 heteroatoms. The standard InChI is InChI=1S/C16H15F2NO/c1-10(19-15-8-13(17)7-14(18)9-15)11-2-3-16-12(6-11)4-5-20-16/h2-3,6-10,19H,4-5H2,1H3. The molecule has 2 nitrogen and oxygen atoms in total. The first-order valence-electron chi connectivity index (χ1n) is 6.60. The molecule has 2 aromatic rings. The smallest absolute Gasteiger partial charge is 0.128 e. The lowest BCUT2D eigenvalue weighted by Gasteiger charge is -2.16. The van der Waals surface area contributed by atoms with Crippen LogP contribution >= 0.6 is 0 Å². The first kappa shape index (κ1) is 12.9. The molecule has 1 unspecified atom stereocenters. The summed E-state index contributed by atoms with van der Waals surface area (Å²) >= 11 is 0. The van der Waals surface area contributed by atoms with Gasteiger partial charge in [0.05, 0.1) is 6.61 Å². The zero-order chi connectivity index (χ0) is 14.1. The van der Waals surface area contributed by atoms with E-state index in [9.17, 15) is 8.78 Å².